The molecule has 1 aliphatic heterocycles. The van der Waals surface area contributed by atoms with Gasteiger partial charge in [-0.05, 0) is 26.3 Å². The number of fused-ring (bicyclic) bond motifs is 1. The number of nitrogens with one attached hydrogen (secondary N) is 1. The second kappa shape index (κ2) is 7.66. The number of carboxylic acids is 1. The minimum absolute atomic E-state index is 0.0796. The number of hydrogen-bond acceptors (Lipinski definition) is 5. The van der Waals surface area contributed by atoms with Gasteiger partial charge >= 0.3 is 5.97 Å². The minimum atomic E-state index is -1.53. The van der Waals surface area contributed by atoms with Crippen LogP contribution in [0.4, 0.5) is 0 Å². The Kier molecular flexibility index (Phi) is 5.39. The van der Waals surface area contributed by atoms with Crippen LogP contribution in [-0.2, 0) is 17.9 Å². The van der Waals surface area contributed by atoms with Crippen LogP contribution in [0.5, 0.6) is 5.75 Å². The van der Waals surface area contributed by atoms with Gasteiger partial charge in [-0.15, -0.1) is 0 Å². The van der Waals surface area contributed by atoms with E-state index < -0.39 is 46.1 Å². The molecule has 1 atom stereocenters. The molecule has 9 nitrogen and oxygen atoms in total. The maximum atomic E-state index is 13.2. The van der Waals surface area contributed by atoms with Gasteiger partial charge in [-0.3, -0.25) is 14.4 Å². The van der Waals surface area contributed by atoms with Crippen LogP contribution < -0.4 is 10.7 Å². The number of hydrogen-bond donors (Lipinski definition) is 3. The number of carboxylic acid groups (broad SMARTS) is 1. The average molecular weight is 413 g/mol. The van der Waals surface area contributed by atoms with Crippen LogP contribution in [0.3, 0.4) is 0 Å². The Morgan fingerprint density at radius 1 is 1.17 bits per heavy atom. The third-order valence-electron chi connectivity index (χ3n) is 4.69. The smallest absolute Gasteiger partial charge is 0.341 e. The lowest BCUT2D eigenvalue weighted by Crippen LogP contribution is -2.58. The zero-order valence-electron chi connectivity index (χ0n) is 16.9. The van der Waals surface area contributed by atoms with Gasteiger partial charge in [0.25, 0.3) is 5.91 Å². The summed E-state index contributed by atoms with van der Waals surface area (Å²) in [4.78, 5) is 51.1. The number of carbonyl (C=O) groups excluding carboxylic acids is 2. The zero-order chi connectivity index (χ0) is 22.2. The molecule has 1 aromatic heterocycles. The molecule has 0 radical (unpaired) electrons. The highest BCUT2D eigenvalue weighted by Gasteiger charge is 2.40. The molecule has 0 saturated heterocycles. The van der Waals surface area contributed by atoms with E-state index in [1.165, 1.54) is 4.90 Å². The van der Waals surface area contributed by atoms with Gasteiger partial charge in [0.2, 0.25) is 11.3 Å². The Morgan fingerprint density at radius 3 is 2.37 bits per heavy atom. The Morgan fingerprint density at radius 2 is 1.80 bits per heavy atom. The molecule has 0 bridgehead atoms. The van der Waals surface area contributed by atoms with Gasteiger partial charge in [0.1, 0.15) is 11.6 Å². The molecule has 3 N–H and O–H groups in total. The highest BCUT2D eigenvalue weighted by Crippen LogP contribution is 2.26. The van der Waals surface area contributed by atoms with Gasteiger partial charge in [0.05, 0.1) is 6.54 Å². The first-order valence-corrected chi connectivity index (χ1v) is 9.36. The van der Waals surface area contributed by atoms with E-state index in [2.05, 4.69) is 5.32 Å². The zero-order valence-corrected chi connectivity index (χ0v) is 16.9. The van der Waals surface area contributed by atoms with Crippen LogP contribution in [0, 0.1) is 0 Å². The third-order valence-corrected chi connectivity index (χ3v) is 4.69. The largest absolute Gasteiger partial charge is 0.503 e. The summed E-state index contributed by atoms with van der Waals surface area (Å²) in [5, 5.41) is 22.4. The van der Waals surface area contributed by atoms with E-state index >= 15 is 0 Å². The topological polar surface area (TPSA) is 129 Å². The highest BCUT2D eigenvalue weighted by molar-refractivity contribution is 6.00. The molecule has 0 aliphatic carbocycles. The molecule has 0 spiro atoms. The summed E-state index contributed by atoms with van der Waals surface area (Å²) < 4.78 is 1.16. The van der Waals surface area contributed by atoms with Crippen LogP contribution in [0.15, 0.2) is 41.3 Å². The van der Waals surface area contributed by atoms with Gasteiger partial charge in [-0.2, -0.15) is 0 Å². The van der Waals surface area contributed by atoms with Gasteiger partial charge < -0.3 is 25.0 Å². The van der Waals surface area contributed by atoms with Crippen molar-refractivity contribution in [3.05, 3.63) is 63.6 Å². The lowest BCUT2D eigenvalue weighted by Gasteiger charge is -2.38. The molecule has 158 valence electrons. The minimum Gasteiger partial charge on any atom is -0.503 e. The predicted octanol–water partition coefficient (Wildman–Crippen LogP) is 1.19. The standard InChI is InChI=1S/C21H23N3O6/c1-21(2,3)22-18(27)14-11-23-10-13(20(29)30)16(25)17(26)15(23)19(28)24(14)9-12-7-5-4-6-8-12/h4-8,10,14,26H,9,11H2,1-3H3,(H,22,27)(H,29,30)/t14-/m1/s1. The second-order valence-electron chi connectivity index (χ2n) is 8.20. The summed E-state index contributed by atoms with van der Waals surface area (Å²) in [6, 6.07) is 8.03. The number of benzene rings is 1. The molecule has 1 aliphatic rings. The van der Waals surface area contributed by atoms with Crippen LogP contribution in [-0.4, -0.2) is 49.0 Å². The van der Waals surface area contributed by atoms with Crippen LogP contribution in [0.2, 0.25) is 0 Å². The van der Waals surface area contributed by atoms with E-state index in [1.807, 2.05) is 6.07 Å². The Balaban J connectivity index is 2.11. The number of carbonyl (C=O) groups is 3. The molecular weight excluding hydrogens is 390 g/mol. The van der Waals surface area contributed by atoms with Gasteiger partial charge in [-0.25, -0.2) is 4.79 Å². The third kappa shape index (κ3) is 4.05. The number of pyridine rings is 1. The van der Waals surface area contributed by atoms with Crippen molar-refractivity contribution in [1.29, 1.82) is 0 Å². The van der Waals surface area contributed by atoms with Crippen molar-refractivity contribution in [2.45, 2.75) is 45.4 Å². The fourth-order valence-electron chi connectivity index (χ4n) is 3.37. The normalized spacial score (nSPS) is 16.2. The number of aromatic hydroxyl groups is 1. The molecule has 2 heterocycles. The summed E-state index contributed by atoms with van der Waals surface area (Å²) in [6.45, 7) is 5.38. The molecule has 0 saturated carbocycles. The maximum absolute atomic E-state index is 13.2. The van der Waals surface area contributed by atoms with Crippen molar-refractivity contribution in [2.24, 2.45) is 0 Å². The fraction of sp³-hybridized carbons (Fsp3) is 0.333. The maximum Gasteiger partial charge on any atom is 0.341 e. The van der Waals surface area contributed by atoms with Crippen molar-refractivity contribution in [1.82, 2.24) is 14.8 Å². The SMILES string of the molecule is CC(C)(C)NC(=O)[C@H]1Cn2cc(C(=O)O)c(=O)c(O)c2C(=O)N1Cc1ccccc1. The fourth-order valence-corrected chi connectivity index (χ4v) is 3.37. The van der Waals surface area contributed by atoms with Gasteiger partial charge in [-0.1, -0.05) is 30.3 Å². The van der Waals surface area contributed by atoms with Crippen LogP contribution in [0.1, 0.15) is 47.2 Å². The average Bonchev–Trinajstić information content (AvgIpc) is 2.65. The van der Waals surface area contributed by atoms with E-state index in [-0.39, 0.29) is 18.8 Å². The second-order valence-corrected chi connectivity index (χ2v) is 8.20. The molecular formula is C21H23N3O6. The summed E-state index contributed by atoms with van der Waals surface area (Å²) in [5.74, 6) is -3.62. The van der Waals surface area contributed by atoms with Crippen molar-refractivity contribution in [2.75, 3.05) is 0 Å². The van der Waals surface area contributed by atoms with E-state index in [0.717, 1.165) is 16.3 Å². The molecule has 3 rings (SSSR count). The molecule has 30 heavy (non-hydrogen) atoms. The quantitative estimate of drug-likeness (QED) is 0.691. The summed E-state index contributed by atoms with van der Waals surface area (Å²) in [7, 11) is 0. The summed E-state index contributed by atoms with van der Waals surface area (Å²) in [5.41, 5.74) is -1.94. The Labute approximate surface area is 172 Å². The highest BCUT2D eigenvalue weighted by atomic mass is 16.4. The molecule has 9 heteroatoms. The van der Waals surface area contributed by atoms with E-state index in [4.69, 9.17) is 0 Å². The summed E-state index contributed by atoms with van der Waals surface area (Å²) in [6.07, 6.45) is 0.995. The van der Waals surface area contributed by atoms with Crippen LogP contribution >= 0.6 is 0 Å². The van der Waals surface area contributed by atoms with Crippen molar-refractivity contribution in [3.8, 4) is 5.75 Å². The monoisotopic (exact) mass is 413 g/mol. The molecule has 1 aromatic carbocycles. The van der Waals surface area contributed by atoms with Crippen molar-refractivity contribution >= 4 is 17.8 Å². The molecule has 2 aromatic rings. The van der Waals surface area contributed by atoms with E-state index in [9.17, 15) is 29.4 Å². The first-order chi connectivity index (χ1) is 14.0. The van der Waals surface area contributed by atoms with Crippen molar-refractivity contribution < 1.29 is 24.6 Å². The summed E-state index contributed by atoms with van der Waals surface area (Å²) >= 11 is 0. The lowest BCUT2D eigenvalue weighted by atomic mass is 10.0. The van der Waals surface area contributed by atoms with E-state index in [0.29, 0.717) is 0 Å². The first kappa shape index (κ1) is 21.1. The number of amides is 2. The first-order valence-electron chi connectivity index (χ1n) is 9.36. The van der Waals surface area contributed by atoms with E-state index in [1.54, 1.807) is 45.0 Å². The molecule has 2 amide bonds. The molecule has 0 fully saturated rings. The predicted molar refractivity (Wildman–Crippen MR) is 107 cm³/mol. The number of nitrogens with zero attached hydrogens (tertiary/aromatic N) is 2. The van der Waals surface area contributed by atoms with Gasteiger partial charge in [0, 0.05) is 18.3 Å². The number of aromatic nitrogens is 1. The number of aromatic carboxylic acids is 1. The lowest BCUT2D eigenvalue weighted by molar-refractivity contribution is -0.128. The number of rotatable bonds is 4. The van der Waals surface area contributed by atoms with Crippen LogP contribution in [0.25, 0.3) is 0 Å². The molecule has 0 unspecified atom stereocenters. The van der Waals surface area contributed by atoms with Gasteiger partial charge in [0.15, 0.2) is 11.4 Å². The Hall–Kier alpha value is -3.62. The van der Waals surface area contributed by atoms with Crippen molar-refractivity contribution in [3.63, 3.8) is 0 Å². The Bertz CT molecular complexity index is 1070.